The Kier molecular flexibility index (Phi) is 57.3. The van der Waals surface area contributed by atoms with E-state index < -0.39 is 17.4 Å². The van der Waals surface area contributed by atoms with Crippen LogP contribution in [-0.2, 0) is 9.13 Å². The van der Waals surface area contributed by atoms with Crippen molar-refractivity contribution in [3.63, 3.8) is 0 Å². The second-order valence-corrected chi connectivity index (χ2v) is 0.447. The molecular formula is BaO4P2. The zero-order valence-corrected chi connectivity index (χ0v) is 9.46. The molecule has 0 saturated carbocycles. The van der Waals surface area contributed by atoms with Crippen LogP contribution < -0.4 is 9.79 Å². The molecule has 0 aliphatic carbocycles. The zero-order chi connectivity index (χ0) is 5.41. The maximum atomic E-state index is 8.35. The van der Waals surface area contributed by atoms with Crippen LogP contribution >= 0.6 is 17.4 Å². The van der Waals surface area contributed by atoms with E-state index in [1.165, 1.54) is 0 Å². The molecule has 0 aliphatic heterocycles. The fourth-order valence-corrected chi connectivity index (χ4v) is 0. The molecule has 0 radical (unpaired) electrons. The number of hydrogen-bond acceptors (Lipinski definition) is 4. The molecule has 0 aromatic rings. The molecule has 4 nitrogen and oxygen atoms in total. The maximum absolute atomic E-state index is 8.35. The molecule has 7 heavy (non-hydrogen) atoms. The van der Waals surface area contributed by atoms with Crippen LogP contribution in [0.2, 0.25) is 0 Å². The predicted octanol–water partition coefficient (Wildman–Crippen LogP) is -1.27. The minimum atomic E-state index is -1.08. The van der Waals surface area contributed by atoms with Crippen LogP contribution in [0.3, 0.4) is 0 Å². The Morgan fingerprint density at radius 2 is 1.00 bits per heavy atom. The molecule has 0 rings (SSSR count). The first-order valence-corrected chi connectivity index (χ1v) is 2.19. The van der Waals surface area contributed by atoms with Gasteiger partial charge in [0.05, 0.1) is 17.4 Å². The van der Waals surface area contributed by atoms with Crippen molar-refractivity contribution in [2.24, 2.45) is 0 Å². The molecule has 0 heterocycles. The third kappa shape index (κ3) is 87.1. The number of rotatable bonds is 0. The summed E-state index contributed by atoms with van der Waals surface area (Å²) in [5.74, 6) is 0. The van der Waals surface area contributed by atoms with Crippen molar-refractivity contribution in [3.8, 4) is 0 Å². The molecule has 0 amide bonds. The van der Waals surface area contributed by atoms with Crippen LogP contribution in [0.15, 0.2) is 0 Å². The molecule has 0 aliphatic rings. The van der Waals surface area contributed by atoms with Gasteiger partial charge in [-0.05, 0) is 0 Å². The van der Waals surface area contributed by atoms with Gasteiger partial charge in [-0.25, -0.2) is 0 Å². The molecule has 7 heteroatoms. The smallest absolute Gasteiger partial charge is 0.772 e. The summed E-state index contributed by atoms with van der Waals surface area (Å²) in [4.78, 5) is 16.7. The quantitative estimate of drug-likeness (QED) is 0.403. The fraction of sp³-hybridized carbons (Fsp3) is 0. The third-order valence-electron chi connectivity index (χ3n) is 0. The third-order valence-corrected chi connectivity index (χ3v) is 0. The van der Waals surface area contributed by atoms with Gasteiger partial charge in [-0.3, -0.25) is 9.13 Å². The minimum absolute atomic E-state index is 0. The van der Waals surface area contributed by atoms with Gasteiger partial charge in [0.2, 0.25) is 0 Å². The Morgan fingerprint density at radius 3 is 1.00 bits per heavy atom. The number of hydrogen-bond donors (Lipinski definition) is 0. The van der Waals surface area contributed by atoms with E-state index in [1.54, 1.807) is 0 Å². The average Bonchev–Trinajstić information content (AvgIpc) is 1.39. The SMILES string of the molecule is O=P[O-].O=P[O-].[Ba+2]. The van der Waals surface area contributed by atoms with Crippen molar-refractivity contribution >= 4 is 66.3 Å². The van der Waals surface area contributed by atoms with Gasteiger partial charge in [0.25, 0.3) is 0 Å². The Hall–Kier alpha value is 1.69. The molecule has 0 atom stereocenters. The van der Waals surface area contributed by atoms with Crippen LogP contribution in [0.25, 0.3) is 0 Å². The zero-order valence-electron chi connectivity index (χ0n) is 3.23. The average molecular weight is 263 g/mol. The summed E-state index contributed by atoms with van der Waals surface area (Å²) in [6, 6.07) is 0. The Balaban J connectivity index is -0.0000000400. The first-order valence-electron chi connectivity index (χ1n) is 0.730. The molecule has 0 N–H and O–H groups in total. The minimum Gasteiger partial charge on any atom is -0.772 e. The molecular weight excluding hydrogens is 263 g/mol. The van der Waals surface area contributed by atoms with E-state index in [2.05, 4.69) is 0 Å². The Morgan fingerprint density at radius 1 is 1.00 bits per heavy atom. The second kappa shape index (κ2) is 25.3. The van der Waals surface area contributed by atoms with Crippen LogP contribution in [-0.4, -0.2) is 48.9 Å². The summed E-state index contributed by atoms with van der Waals surface area (Å²) in [7, 11) is -2.17. The Bertz CT molecular complexity index is 30.7. The van der Waals surface area contributed by atoms with Gasteiger partial charge in [-0.1, -0.05) is 0 Å². The molecule has 0 aromatic carbocycles. The largest absolute Gasteiger partial charge is 2.00 e. The van der Waals surface area contributed by atoms with Crippen molar-refractivity contribution in [2.45, 2.75) is 0 Å². The molecule has 0 fully saturated rings. The molecule has 0 unspecified atom stereocenters. The van der Waals surface area contributed by atoms with Gasteiger partial charge in [0.1, 0.15) is 0 Å². The molecule has 36 valence electrons. The topological polar surface area (TPSA) is 80.3 Å². The van der Waals surface area contributed by atoms with Gasteiger partial charge in [-0.15, -0.1) is 0 Å². The summed E-state index contributed by atoms with van der Waals surface area (Å²) in [6.07, 6.45) is 0. The van der Waals surface area contributed by atoms with Crippen LogP contribution in [0.1, 0.15) is 0 Å². The summed E-state index contributed by atoms with van der Waals surface area (Å²) < 4.78 is 16.7. The van der Waals surface area contributed by atoms with E-state index in [9.17, 15) is 0 Å². The summed E-state index contributed by atoms with van der Waals surface area (Å²) >= 11 is 0. The van der Waals surface area contributed by atoms with Crippen LogP contribution in [0.4, 0.5) is 0 Å². The van der Waals surface area contributed by atoms with Crippen molar-refractivity contribution in [3.05, 3.63) is 0 Å². The molecule has 0 aromatic heterocycles. The maximum Gasteiger partial charge on any atom is 2.00 e. The van der Waals surface area contributed by atoms with Gasteiger partial charge in [0.15, 0.2) is 0 Å². The van der Waals surface area contributed by atoms with Crippen LogP contribution in [0.5, 0.6) is 0 Å². The van der Waals surface area contributed by atoms with Gasteiger partial charge < -0.3 is 9.79 Å². The van der Waals surface area contributed by atoms with E-state index in [-0.39, 0.29) is 48.9 Å². The predicted molar refractivity (Wildman–Crippen MR) is 21.0 cm³/mol. The van der Waals surface area contributed by atoms with E-state index in [1.807, 2.05) is 0 Å². The second-order valence-electron chi connectivity index (χ2n) is 0.149. The standard InChI is InChI=1S/Ba.2HO2P/c;2*1-3-2/h;2*(H,1,2)/q+2;;/p-2. The molecule has 0 saturated heterocycles. The first kappa shape index (κ1) is 15.9. The van der Waals surface area contributed by atoms with E-state index >= 15 is 0 Å². The summed E-state index contributed by atoms with van der Waals surface area (Å²) in [6.45, 7) is 0. The van der Waals surface area contributed by atoms with E-state index in [0.29, 0.717) is 0 Å². The fourth-order valence-electron chi connectivity index (χ4n) is 0. The molecule has 0 bridgehead atoms. The van der Waals surface area contributed by atoms with Crippen molar-refractivity contribution < 1.29 is 18.9 Å². The summed E-state index contributed by atoms with van der Waals surface area (Å²) in [5, 5.41) is 0. The summed E-state index contributed by atoms with van der Waals surface area (Å²) in [5.41, 5.74) is 0. The first-order chi connectivity index (χ1) is 2.83. The van der Waals surface area contributed by atoms with Crippen molar-refractivity contribution in [1.29, 1.82) is 0 Å². The van der Waals surface area contributed by atoms with Gasteiger partial charge in [0, 0.05) is 0 Å². The van der Waals surface area contributed by atoms with Crippen molar-refractivity contribution in [1.82, 2.24) is 0 Å². The van der Waals surface area contributed by atoms with Crippen LogP contribution in [0, 0.1) is 0 Å². The molecule has 0 spiro atoms. The normalized spacial score (nSPS) is 6.00. The van der Waals surface area contributed by atoms with Gasteiger partial charge >= 0.3 is 48.9 Å². The van der Waals surface area contributed by atoms with E-state index in [0.717, 1.165) is 0 Å². The van der Waals surface area contributed by atoms with Gasteiger partial charge in [-0.2, -0.15) is 0 Å². The van der Waals surface area contributed by atoms with E-state index in [4.69, 9.17) is 18.9 Å². The monoisotopic (exact) mass is 264 g/mol. The Labute approximate surface area is 84.0 Å². The van der Waals surface area contributed by atoms with Crippen molar-refractivity contribution in [2.75, 3.05) is 0 Å².